The van der Waals surface area contributed by atoms with E-state index in [2.05, 4.69) is 0 Å². The quantitative estimate of drug-likeness (QED) is 0.813. The van der Waals surface area contributed by atoms with Gasteiger partial charge in [-0.1, -0.05) is 17.7 Å². The van der Waals surface area contributed by atoms with Crippen molar-refractivity contribution in [2.24, 2.45) is 0 Å². The Morgan fingerprint density at radius 2 is 2.00 bits per heavy atom. The van der Waals surface area contributed by atoms with E-state index in [1.54, 1.807) is 18.2 Å². The van der Waals surface area contributed by atoms with Gasteiger partial charge in [-0.15, -0.1) is 0 Å². The van der Waals surface area contributed by atoms with E-state index in [1.165, 1.54) is 19.2 Å². The van der Waals surface area contributed by atoms with E-state index in [9.17, 15) is 15.0 Å². The average molecular weight is 354 g/mol. The van der Waals surface area contributed by atoms with E-state index in [4.69, 9.17) is 9.47 Å². The van der Waals surface area contributed by atoms with E-state index < -0.39 is 5.92 Å². The van der Waals surface area contributed by atoms with E-state index in [0.29, 0.717) is 34.6 Å². The molecule has 1 heterocycles. The van der Waals surface area contributed by atoms with E-state index >= 15 is 0 Å². The minimum absolute atomic E-state index is 0.00158. The van der Waals surface area contributed by atoms with Crippen molar-refractivity contribution < 1.29 is 24.5 Å². The van der Waals surface area contributed by atoms with Crippen LogP contribution in [0.4, 0.5) is 0 Å². The molecule has 5 heteroatoms. The molecule has 0 saturated carbocycles. The molecule has 26 heavy (non-hydrogen) atoms. The lowest BCUT2D eigenvalue weighted by Gasteiger charge is -2.27. The maximum Gasteiger partial charge on any atom is 0.177 e. The van der Waals surface area contributed by atoms with Gasteiger partial charge in [0, 0.05) is 17.2 Å². The van der Waals surface area contributed by atoms with Crippen LogP contribution in [0.1, 0.15) is 41.3 Å². The van der Waals surface area contributed by atoms with Crippen molar-refractivity contribution in [2.75, 3.05) is 13.7 Å². The zero-order valence-electron chi connectivity index (χ0n) is 15.1. The third-order valence-corrected chi connectivity index (χ3v) is 4.54. The lowest BCUT2D eigenvalue weighted by molar-refractivity contribution is 0.0893. The molecule has 2 N–H and O–H groups in total. The highest BCUT2D eigenvalue weighted by molar-refractivity contribution is 6.05. The minimum Gasteiger partial charge on any atom is -0.508 e. The predicted octanol–water partition coefficient (Wildman–Crippen LogP) is 3.97. The summed E-state index contributed by atoms with van der Waals surface area (Å²) in [4.78, 5) is 13.0. The van der Waals surface area contributed by atoms with Gasteiger partial charge < -0.3 is 19.7 Å². The third kappa shape index (κ3) is 3.25. The molecule has 1 aliphatic rings. The van der Waals surface area contributed by atoms with Crippen molar-refractivity contribution >= 4 is 5.78 Å². The second-order valence-electron chi connectivity index (χ2n) is 6.58. The molecular weight excluding hydrogens is 332 g/mol. The van der Waals surface area contributed by atoms with Crippen molar-refractivity contribution in [3.8, 4) is 23.0 Å². The first-order chi connectivity index (χ1) is 12.4. The van der Waals surface area contributed by atoms with Crippen LogP contribution < -0.4 is 9.47 Å². The minimum atomic E-state index is -0.603. The molecule has 0 aromatic heterocycles. The van der Waals surface area contributed by atoms with Crippen LogP contribution in [0.5, 0.6) is 23.0 Å². The largest absolute Gasteiger partial charge is 0.508 e. The number of benzene rings is 2. The number of phenols is 2. The standard InChI is InChI=1S/C21H22O5/c1-12(2)4-6-15-18(22)9-8-16-20(24)17(11-26-21(15)16)14-7-5-13(25-3)10-19(14)23/h4-5,7-10,17,22-23H,6,11H2,1-3H3. The van der Waals surface area contributed by atoms with Gasteiger partial charge in [0.25, 0.3) is 0 Å². The second kappa shape index (κ2) is 7.12. The van der Waals surface area contributed by atoms with Crippen LogP contribution in [-0.4, -0.2) is 29.7 Å². The number of hydrogen-bond acceptors (Lipinski definition) is 5. The molecule has 0 bridgehead atoms. The summed E-state index contributed by atoms with van der Waals surface area (Å²) in [6, 6.07) is 7.95. The van der Waals surface area contributed by atoms with Crippen LogP contribution in [0, 0.1) is 0 Å². The summed E-state index contributed by atoms with van der Waals surface area (Å²) >= 11 is 0. The van der Waals surface area contributed by atoms with Crippen LogP contribution in [-0.2, 0) is 6.42 Å². The zero-order valence-corrected chi connectivity index (χ0v) is 15.1. The van der Waals surface area contributed by atoms with Crippen LogP contribution in [0.3, 0.4) is 0 Å². The molecule has 5 nitrogen and oxygen atoms in total. The van der Waals surface area contributed by atoms with Crippen molar-refractivity contribution in [1.82, 2.24) is 0 Å². The van der Waals surface area contributed by atoms with Crippen LogP contribution >= 0.6 is 0 Å². The van der Waals surface area contributed by atoms with Gasteiger partial charge in [-0.3, -0.25) is 4.79 Å². The fourth-order valence-corrected chi connectivity index (χ4v) is 3.09. The fourth-order valence-electron chi connectivity index (χ4n) is 3.09. The molecule has 1 aliphatic heterocycles. The summed E-state index contributed by atoms with van der Waals surface area (Å²) in [7, 11) is 1.51. The normalized spacial score (nSPS) is 15.8. The Morgan fingerprint density at radius 3 is 2.65 bits per heavy atom. The Balaban J connectivity index is 1.99. The van der Waals surface area contributed by atoms with Crippen molar-refractivity contribution in [3.05, 3.63) is 58.7 Å². The highest BCUT2D eigenvalue weighted by Crippen LogP contribution is 2.41. The molecular formula is C21H22O5. The van der Waals surface area contributed by atoms with Gasteiger partial charge in [0.2, 0.25) is 0 Å². The van der Waals surface area contributed by atoms with Crippen LogP contribution in [0.15, 0.2) is 42.0 Å². The van der Waals surface area contributed by atoms with Crippen molar-refractivity contribution in [2.45, 2.75) is 26.2 Å². The van der Waals surface area contributed by atoms with E-state index in [0.717, 1.165) is 5.57 Å². The number of ketones is 1. The van der Waals surface area contributed by atoms with Crippen LogP contribution in [0.25, 0.3) is 0 Å². The summed E-state index contributed by atoms with van der Waals surface area (Å²) in [6.07, 6.45) is 2.47. The lowest BCUT2D eigenvalue weighted by Crippen LogP contribution is -2.26. The Kier molecular flexibility index (Phi) is 4.89. The number of rotatable bonds is 4. The second-order valence-corrected chi connectivity index (χ2v) is 6.58. The molecule has 0 spiro atoms. The number of hydrogen-bond donors (Lipinski definition) is 2. The van der Waals surface area contributed by atoms with Crippen molar-refractivity contribution in [1.29, 1.82) is 0 Å². The van der Waals surface area contributed by atoms with Gasteiger partial charge in [-0.2, -0.15) is 0 Å². The number of carbonyl (C=O) groups is 1. The smallest absolute Gasteiger partial charge is 0.177 e. The van der Waals surface area contributed by atoms with E-state index in [-0.39, 0.29) is 23.9 Å². The molecule has 136 valence electrons. The van der Waals surface area contributed by atoms with Crippen LogP contribution in [0.2, 0.25) is 0 Å². The first kappa shape index (κ1) is 17.9. The fraction of sp³-hybridized carbons (Fsp3) is 0.286. The highest BCUT2D eigenvalue weighted by atomic mass is 16.5. The zero-order chi connectivity index (χ0) is 18.8. The summed E-state index contributed by atoms with van der Waals surface area (Å²) in [6.45, 7) is 4.05. The number of ether oxygens (including phenoxy) is 2. The Labute approximate surface area is 152 Å². The third-order valence-electron chi connectivity index (χ3n) is 4.54. The molecule has 0 fully saturated rings. The van der Waals surface area contributed by atoms with Gasteiger partial charge >= 0.3 is 0 Å². The molecule has 1 unspecified atom stereocenters. The number of carbonyl (C=O) groups excluding carboxylic acids is 1. The molecule has 2 aromatic carbocycles. The summed E-state index contributed by atoms with van der Waals surface area (Å²) in [5.74, 6) is 0.319. The maximum absolute atomic E-state index is 13.0. The number of allylic oxidation sites excluding steroid dienone is 2. The number of Topliss-reactive ketones (excluding diaryl/α,β-unsaturated/α-hetero) is 1. The first-order valence-electron chi connectivity index (χ1n) is 8.44. The number of fused-ring (bicyclic) bond motifs is 1. The number of methoxy groups -OCH3 is 1. The molecule has 2 aromatic rings. The van der Waals surface area contributed by atoms with Gasteiger partial charge in [0.1, 0.15) is 29.6 Å². The summed E-state index contributed by atoms with van der Waals surface area (Å²) in [5.41, 5.74) is 2.64. The molecule has 0 amide bonds. The molecule has 1 atom stereocenters. The van der Waals surface area contributed by atoms with E-state index in [1.807, 2.05) is 19.9 Å². The lowest BCUT2D eigenvalue weighted by atomic mass is 9.87. The highest BCUT2D eigenvalue weighted by Gasteiger charge is 2.33. The Morgan fingerprint density at radius 1 is 1.23 bits per heavy atom. The van der Waals surface area contributed by atoms with Gasteiger partial charge in [0.05, 0.1) is 18.6 Å². The molecule has 3 rings (SSSR count). The Bertz CT molecular complexity index is 878. The monoisotopic (exact) mass is 354 g/mol. The SMILES string of the molecule is COc1ccc(C2COc3c(ccc(O)c3CC=C(C)C)C2=O)c(O)c1. The van der Waals surface area contributed by atoms with Crippen molar-refractivity contribution in [3.63, 3.8) is 0 Å². The van der Waals surface area contributed by atoms with Gasteiger partial charge in [0.15, 0.2) is 5.78 Å². The predicted molar refractivity (Wildman–Crippen MR) is 98.5 cm³/mol. The molecule has 0 saturated heterocycles. The Hall–Kier alpha value is -2.95. The molecule has 0 radical (unpaired) electrons. The average Bonchev–Trinajstić information content (AvgIpc) is 2.61. The maximum atomic E-state index is 13.0. The van der Waals surface area contributed by atoms with Gasteiger partial charge in [-0.05, 0) is 38.5 Å². The number of aromatic hydroxyl groups is 2. The summed E-state index contributed by atoms with van der Waals surface area (Å²) in [5, 5.41) is 20.4. The topological polar surface area (TPSA) is 76.0 Å². The molecule has 0 aliphatic carbocycles. The summed E-state index contributed by atoms with van der Waals surface area (Å²) < 4.78 is 11.0. The van der Waals surface area contributed by atoms with Gasteiger partial charge in [-0.25, -0.2) is 0 Å². The first-order valence-corrected chi connectivity index (χ1v) is 8.44. The number of phenolic OH excluding ortho intramolecular Hbond substituents is 2.